The first kappa shape index (κ1) is 21.2. The van der Waals surface area contributed by atoms with Gasteiger partial charge in [0.1, 0.15) is 17.9 Å². The molecule has 2 heterocycles. The molecule has 1 saturated heterocycles. The van der Waals surface area contributed by atoms with Crippen LogP contribution in [-0.2, 0) is 9.59 Å². The number of halogens is 2. The zero-order valence-electron chi connectivity index (χ0n) is 16.3. The number of benzene rings is 2. The van der Waals surface area contributed by atoms with Gasteiger partial charge < -0.3 is 26.0 Å². The Balaban J connectivity index is 1.66. The van der Waals surface area contributed by atoms with Crippen LogP contribution >= 0.6 is 11.6 Å². The second-order valence-corrected chi connectivity index (χ2v) is 7.90. The molecule has 0 bridgehead atoms. The van der Waals surface area contributed by atoms with Crippen LogP contribution in [0, 0.1) is 5.82 Å². The topological polar surface area (TPSA) is 116 Å². The van der Waals surface area contributed by atoms with Gasteiger partial charge in [-0.1, -0.05) is 17.7 Å². The summed E-state index contributed by atoms with van der Waals surface area (Å²) in [5.74, 6) is -1.84. The standard InChI is InChI=1S/C21H20ClFN4O4/c22-12-2-3-13(15(23)8-12)11-1-4-17-14(7-11)20(30)27-6-5-26(21(31)16(24)10-28)9-18(27)19(29)25-17/h1-4,7-8,16,18,28H,5-6,9-10,24H2,(H,25,29)/t16?,18-/m1/s1. The fourth-order valence-electron chi connectivity index (χ4n) is 3.86. The highest BCUT2D eigenvalue weighted by atomic mass is 35.5. The van der Waals surface area contributed by atoms with E-state index in [1.54, 1.807) is 18.2 Å². The maximum Gasteiger partial charge on any atom is 0.256 e. The van der Waals surface area contributed by atoms with Crippen molar-refractivity contribution in [3.05, 3.63) is 52.8 Å². The number of nitrogens with zero attached hydrogens (tertiary/aromatic N) is 2. The number of piperazine rings is 1. The molecule has 4 N–H and O–H groups in total. The molecule has 2 aliphatic heterocycles. The number of amides is 3. The van der Waals surface area contributed by atoms with Crippen molar-refractivity contribution in [1.29, 1.82) is 0 Å². The van der Waals surface area contributed by atoms with Crippen LogP contribution in [-0.4, -0.2) is 71.0 Å². The van der Waals surface area contributed by atoms with Gasteiger partial charge in [0.15, 0.2) is 0 Å². The average molecular weight is 447 g/mol. The predicted molar refractivity (Wildman–Crippen MR) is 112 cm³/mol. The van der Waals surface area contributed by atoms with E-state index in [1.807, 2.05) is 0 Å². The van der Waals surface area contributed by atoms with Crippen molar-refractivity contribution in [2.24, 2.45) is 5.73 Å². The highest BCUT2D eigenvalue weighted by Gasteiger charge is 2.41. The van der Waals surface area contributed by atoms with Crippen LogP contribution in [0.3, 0.4) is 0 Å². The van der Waals surface area contributed by atoms with Crippen LogP contribution in [0.1, 0.15) is 10.4 Å². The van der Waals surface area contributed by atoms with E-state index in [2.05, 4.69) is 5.32 Å². The smallest absolute Gasteiger partial charge is 0.256 e. The normalized spacial score (nSPS) is 19.3. The highest BCUT2D eigenvalue weighted by molar-refractivity contribution is 6.30. The molecule has 2 aromatic rings. The minimum atomic E-state index is -1.08. The summed E-state index contributed by atoms with van der Waals surface area (Å²) in [6.45, 7) is -0.232. The Bertz CT molecular complexity index is 1080. The van der Waals surface area contributed by atoms with Crippen LogP contribution in [0.2, 0.25) is 5.02 Å². The lowest BCUT2D eigenvalue weighted by Gasteiger charge is -2.40. The summed E-state index contributed by atoms with van der Waals surface area (Å²) < 4.78 is 14.4. The van der Waals surface area contributed by atoms with Crippen LogP contribution in [0.4, 0.5) is 10.1 Å². The second kappa shape index (κ2) is 8.26. The molecule has 0 radical (unpaired) electrons. The summed E-state index contributed by atoms with van der Waals surface area (Å²) in [6.07, 6.45) is 0. The Labute approximate surface area is 182 Å². The van der Waals surface area contributed by atoms with Crippen molar-refractivity contribution in [3.63, 3.8) is 0 Å². The van der Waals surface area contributed by atoms with E-state index >= 15 is 0 Å². The first-order valence-electron chi connectivity index (χ1n) is 9.66. The minimum absolute atomic E-state index is 0.0310. The van der Waals surface area contributed by atoms with E-state index in [0.717, 1.165) is 0 Å². The number of carbonyl (C=O) groups is 3. The van der Waals surface area contributed by atoms with E-state index in [4.69, 9.17) is 22.4 Å². The number of aliphatic hydroxyl groups excluding tert-OH is 1. The molecule has 1 unspecified atom stereocenters. The Morgan fingerprint density at radius 3 is 2.71 bits per heavy atom. The Morgan fingerprint density at radius 1 is 1.23 bits per heavy atom. The number of nitrogens with two attached hydrogens (primary N) is 1. The summed E-state index contributed by atoms with van der Waals surface area (Å²) in [5, 5.41) is 12.1. The number of carbonyl (C=O) groups excluding carboxylic acids is 3. The van der Waals surface area contributed by atoms with Gasteiger partial charge in [-0.15, -0.1) is 0 Å². The summed E-state index contributed by atoms with van der Waals surface area (Å²) in [5.41, 5.74) is 6.90. The average Bonchev–Trinajstić information content (AvgIpc) is 2.87. The van der Waals surface area contributed by atoms with E-state index in [-0.39, 0.29) is 35.8 Å². The lowest BCUT2D eigenvalue weighted by atomic mass is 10.0. The third-order valence-corrected chi connectivity index (χ3v) is 5.75. The van der Waals surface area contributed by atoms with Crippen molar-refractivity contribution in [2.75, 3.05) is 31.6 Å². The molecule has 162 valence electrons. The molecule has 0 saturated carbocycles. The number of rotatable bonds is 3. The van der Waals surface area contributed by atoms with E-state index in [0.29, 0.717) is 11.3 Å². The van der Waals surface area contributed by atoms with E-state index < -0.39 is 42.2 Å². The molecular formula is C21H20ClFN4O4. The molecule has 10 heteroatoms. The second-order valence-electron chi connectivity index (χ2n) is 7.46. The number of fused-ring (bicyclic) bond motifs is 2. The van der Waals surface area contributed by atoms with Gasteiger partial charge in [0.2, 0.25) is 11.8 Å². The third kappa shape index (κ3) is 3.87. The number of nitrogens with one attached hydrogen (secondary N) is 1. The summed E-state index contributed by atoms with van der Waals surface area (Å²) in [4.78, 5) is 41.2. The first-order valence-corrected chi connectivity index (χ1v) is 10.0. The van der Waals surface area contributed by atoms with Crippen LogP contribution in [0.25, 0.3) is 11.1 Å². The maximum atomic E-state index is 14.4. The van der Waals surface area contributed by atoms with E-state index in [9.17, 15) is 18.8 Å². The molecule has 0 aromatic heterocycles. The molecule has 0 spiro atoms. The van der Waals surface area contributed by atoms with Crippen molar-refractivity contribution in [2.45, 2.75) is 12.1 Å². The van der Waals surface area contributed by atoms with Gasteiger partial charge in [0.25, 0.3) is 5.91 Å². The number of anilines is 1. The van der Waals surface area contributed by atoms with Crippen molar-refractivity contribution in [1.82, 2.24) is 9.80 Å². The van der Waals surface area contributed by atoms with Crippen LogP contribution < -0.4 is 11.1 Å². The molecule has 2 aliphatic rings. The van der Waals surface area contributed by atoms with Crippen LogP contribution in [0.5, 0.6) is 0 Å². The number of hydrogen-bond donors (Lipinski definition) is 3. The fourth-order valence-corrected chi connectivity index (χ4v) is 4.01. The summed E-state index contributed by atoms with van der Waals surface area (Å²) >= 11 is 5.82. The van der Waals surface area contributed by atoms with Gasteiger partial charge in [0.05, 0.1) is 24.4 Å². The van der Waals surface area contributed by atoms with Crippen molar-refractivity contribution >= 4 is 35.0 Å². The zero-order chi connectivity index (χ0) is 22.3. The molecule has 1 fully saturated rings. The largest absolute Gasteiger partial charge is 0.394 e. The Morgan fingerprint density at radius 2 is 2.00 bits per heavy atom. The SMILES string of the molecule is NC(CO)C(=O)N1CCN2C(=O)c3cc(-c4ccc(Cl)cc4F)ccc3NC(=O)[C@H]2C1. The van der Waals surface area contributed by atoms with Gasteiger partial charge in [-0.2, -0.15) is 0 Å². The minimum Gasteiger partial charge on any atom is -0.394 e. The van der Waals surface area contributed by atoms with Crippen molar-refractivity contribution < 1.29 is 23.9 Å². The summed E-state index contributed by atoms with van der Waals surface area (Å²) in [6, 6.07) is 6.98. The number of aliphatic hydroxyl groups is 1. The monoisotopic (exact) mass is 446 g/mol. The quantitative estimate of drug-likeness (QED) is 0.652. The molecule has 0 aliphatic carbocycles. The lowest BCUT2D eigenvalue weighted by molar-refractivity contribution is -0.137. The molecular weight excluding hydrogens is 427 g/mol. The maximum absolute atomic E-state index is 14.4. The fraction of sp³-hybridized carbons (Fsp3) is 0.286. The van der Waals surface area contributed by atoms with E-state index in [1.165, 1.54) is 28.0 Å². The molecule has 2 atom stereocenters. The predicted octanol–water partition coefficient (Wildman–Crippen LogP) is 1.07. The molecule has 8 nitrogen and oxygen atoms in total. The van der Waals surface area contributed by atoms with Gasteiger partial charge in [-0.25, -0.2) is 4.39 Å². The summed E-state index contributed by atoms with van der Waals surface area (Å²) in [7, 11) is 0. The molecule has 3 amide bonds. The van der Waals surface area contributed by atoms with Gasteiger partial charge >= 0.3 is 0 Å². The Kier molecular flexibility index (Phi) is 5.65. The molecule has 4 rings (SSSR count). The Hall–Kier alpha value is -3.01. The van der Waals surface area contributed by atoms with Gasteiger partial charge in [-0.05, 0) is 35.9 Å². The number of hydrogen-bond acceptors (Lipinski definition) is 5. The van der Waals surface area contributed by atoms with Gasteiger partial charge in [0, 0.05) is 23.7 Å². The third-order valence-electron chi connectivity index (χ3n) is 5.52. The first-order chi connectivity index (χ1) is 14.8. The highest BCUT2D eigenvalue weighted by Crippen LogP contribution is 2.32. The molecule has 2 aromatic carbocycles. The van der Waals surface area contributed by atoms with Crippen molar-refractivity contribution in [3.8, 4) is 11.1 Å². The molecule has 31 heavy (non-hydrogen) atoms. The lowest BCUT2D eigenvalue weighted by Crippen LogP contribution is -2.61. The zero-order valence-corrected chi connectivity index (χ0v) is 17.1. The van der Waals surface area contributed by atoms with Gasteiger partial charge in [-0.3, -0.25) is 14.4 Å². The van der Waals surface area contributed by atoms with Crippen LogP contribution in [0.15, 0.2) is 36.4 Å².